The van der Waals surface area contributed by atoms with E-state index in [0.717, 1.165) is 44.0 Å². The van der Waals surface area contributed by atoms with Crippen LogP contribution >= 0.6 is 36.6 Å². The van der Waals surface area contributed by atoms with E-state index in [0.29, 0.717) is 12.8 Å². The van der Waals surface area contributed by atoms with Gasteiger partial charge in [-0.05, 0) is 50.0 Å². The Bertz CT molecular complexity index is 607. The second-order valence-electron chi connectivity index (χ2n) is 6.88. The quantitative estimate of drug-likeness (QED) is 0.743. The van der Waals surface area contributed by atoms with Crippen molar-refractivity contribution in [2.75, 3.05) is 50.1 Å². The monoisotopic (exact) mass is 435 g/mol. The summed E-state index contributed by atoms with van der Waals surface area (Å²) in [5.74, 6) is 2.39. The molecule has 0 saturated carbocycles. The van der Waals surface area contributed by atoms with E-state index in [1.807, 2.05) is 23.9 Å². The van der Waals surface area contributed by atoms with Gasteiger partial charge in [-0.15, -0.1) is 24.8 Å². The Morgan fingerprint density at radius 3 is 2.56 bits per heavy atom. The summed E-state index contributed by atoms with van der Waals surface area (Å²) in [5, 5.41) is 6.43. The molecule has 154 valence electrons. The normalized spacial score (nSPS) is 19.5. The van der Waals surface area contributed by atoms with Crippen LogP contribution < -0.4 is 10.6 Å². The van der Waals surface area contributed by atoms with Crippen molar-refractivity contribution in [2.45, 2.75) is 31.9 Å². The van der Waals surface area contributed by atoms with Crippen LogP contribution in [0.5, 0.6) is 0 Å². The summed E-state index contributed by atoms with van der Waals surface area (Å²) < 4.78 is 5.64. The number of nitrogens with zero attached hydrogens (tertiary/aromatic N) is 1. The Morgan fingerprint density at radius 1 is 1.26 bits per heavy atom. The second kappa shape index (κ2) is 11.5. The number of rotatable bonds is 5. The van der Waals surface area contributed by atoms with E-state index in [9.17, 15) is 4.79 Å². The molecule has 0 unspecified atom stereocenters. The van der Waals surface area contributed by atoms with Crippen LogP contribution in [0, 0.1) is 6.92 Å². The van der Waals surface area contributed by atoms with Gasteiger partial charge in [0.05, 0.1) is 0 Å². The van der Waals surface area contributed by atoms with Gasteiger partial charge in [-0.1, -0.05) is 12.1 Å². The molecule has 1 aromatic rings. The summed E-state index contributed by atoms with van der Waals surface area (Å²) in [7, 11) is 1.64. The summed E-state index contributed by atoms with van der Waals surface area (Å²) in [5.41, 5.74) is 2.65. The number of hydrogen-bond donors (Lipinski definition) is 2. The number of hydrogen-bond acceptors (Lipinski definition) is 5. The number of methoxy groups -OCH3 is 1. The van der Waals surface area contributed by atoms with Gasteiger partial charge in [-0.2, -0.15) is 11.8 Å². The van der Waals surface area contributed by atoms with E-state index in [-0.39, 0.29) is 30.7 Å². The van der Waals surface area contributed by atoms with Gasteiger partial charge in [0.25, 0.3) is 5.91 Å². The van der Waals surface area contributed by atoms with Gasteiger partial charge in [0, 0.05) is 43.9 Å². The molecule has 0 radical (unpaired) electrons. The zero-order chi connectivity index (χ0) is 17.7. The Balaban J connectivity index is 0.00000182. The first-order chi connectivity index (χ1) is 12.1. The fourth-order valence-corrected chi connectivity index (χ4v) is 4.56. The standard InChI is InChI=1S/C19H29N3O2S.2ClH/c1-15-16(14-22-10-12-25-13-11-22)4-3-5-17(15)21-18(23)19(24-2)6-8-20-9-7-19;;/h3-5,20H,6-14H2,1-2H3,(H,21,23);2*1H. The molecule has 2 aliphatic heterocycles. The summed E-state index contributed by atoms with van der Waals surface area (Å²) in [4.78, 5) is 15.4. The van der Waals surface area contributed by atoms with E-state index >= 15 is 0 Å². The minimum atomic E-state index is -0.711. The lowest BCUT2D eigenvalue weighted by Gasteiger charge is -2.35. The van der Waals surface area contributed by atoms with Gasteiger partial charge in [0.1, 0.15) is 5.60 Å². The number of piperidine rings is 1. The Hall–Kier alpha value is -0.500. The third kappa shape index (κ3) is 5.99. The molecule has 5 nitrogen and oxygen atoms in total. The second-order valence-corrected chi connectivity index (χ2v) is 8.11. The summed E-state index contributed by atoms with van der Waals surface area (Å²) >= 11 is 2.03. The lowest BCUT2D eigenvalue weighted by Crippen LogP contribution is -2.51. The third-order valence-electron chi connectivity index (χ3n) is 5.41. The van der Waals surface area contributed by atoms with Gasteiger partial charge in [0.15, 0.2) is 0 Å². The van der Waals surface area contributed by atoms with Gasteiger partial charge in [-0.3, -0.25) is 9.69 Å². The molecule has 2 N–H and O–H groups in total. The van der Waals surface area contributed by atoms with Crippen LogP contribution in [0.2, 0.25) is 0 Å². The van der Waals surface area contributed by atoms with Crippen molar-refractivity contribution in [3.63, 3.8) is 0 Å². The molecule has 0 aromatic heterocycles. The molecule has 0 spiro atoms. The van der Waals surface area contributed by atoms with Crippen LogP contribution in [-0.2, 0) is 16.1 Å². The maximum atomic E-state index is 12.9. The average molecular weight is 436 g/mol. The highest BCUT2D eigenvalue weighted by Gasteiger charge is 2.39. The zero-order valence-electron chi connectivity index (χ0n) is 16.1. The number of thioether (sulfide) groups is 1. The minimum absolute atomic E-state index is 0. The maximum Gasteiger partial charge on any atom is 0.256 e. The van der Waals surface area contributed by atoms with Crippen LogP contribution in [0.15, 0.2) is 18.2 Å². The highest BCUT2D eigenvalue weighted by atomic mass is 35.5. The largest absolute Gasteiger partial charge is 0.368 e. The van der Waals surface area contributed by atoms with Crippen molar-refractivity contribution < 1.29 is 9.53 Å². The van der Waals surface area contributed by atoms with Crippen molar-refractivity contribution in [1.82, 2.24) is 10.2 Å². The number of nitrogens with one attached hydrogen (secondary N) is 2. The number of halogens is 2. The molecule has 2 fully saturated rings. The number of amides is 1. The number of benzene rings is 1. The van der Waals surface area contributed by atoms with E-state index in [2.05, 4.69) is 28.5 Å². The van der Waals surface area contributed by atoms with Crippen LogP contribution in [-0.4, -0.2) is 61.2 Å². The van der Waals surface area contributed by atoms with Crippen LogP contribution in [0.4, 0.5) is 5.69 Å². The molecule has 3 rings (SSSR count). The smallest absolute Gasteiger partial charge is 0.256 e. The SMILES string of the molecule is COC1(C(=O)Nc2cccc(CN3CCSCC3)c2C)CCNCC1.Cl.Cl. The van der Waals surface area contributed by atoms with Crippen molar-refractivity contribution in [2.24, 2.45) is 0 Å². The van der Waals surface area contributed by atoms with Crippen LogP contribution in [0.3, 0.4) is 0 Å². The minimum Gasteiger partial charge on any atom is -0.368 e. The van der Waals surface area contributed by atoms with Crippen molar-refractivity contribution in [1.29, 1.82) is 0 Å². The molecular formula is C19H31Cl2N3O2S. The third-order valence-corrected chi connectivity index (χ3v) is 6.35. The lowest BCUT2D eigenvalue weighted by atomic mass is 9.91. The average Bonchev–Trinajstić information content (AvgIpc) is 2.66. The maximum absolute atomic E-state index is 12.9. The first kappa shape index (κ1) is 24.5. The highest BCUT2D eigenvalue weighted by molar-refractivity contribution is 7.99. The summed E-state index contributed by atoms with van der Waals surface area (Å²) in [6.45, 7) is 6.96. The highest BCUT2D eigenvalue weighted by Crippen LogP contribution is 2.27. The molecule has 0 bridgehead atoms. The van der Waals surface area contributed by atoms with Crippen molar-refractivity contribution >= 4 is 48.2 Å². The molecule has 0 atom stereocenters. The van der Waals surface area contributed by atoms with Crippen LogP contribution in [0.1, 0.15) is 24.0 Å². The van der Waals surface area contributed by atoms with E-state index in [4.69, 9.17) is 4.74 Å². The van der Waals surface area contributed by atoms with Gasteiger partial charge < -0.3 is 15.4 Å². The predicted molar refractivity (Wildman–Crippen MR) is 119 cm³/mol. The van der Waals surface area contributed by atoms with Gasteiger partial charge in [-0.25, -0.2) is 0 Å². The molecule has 2 aliphatic rings. The summed E-state index contributed by atoms with van der Waals surface area (Å²) in [6.07, 6.45) is 1.42. The fraction of sp³-hybridized carbons (Fsp3) is 0.632. The van der Waals surface area contributed by atoms with Gasteiger partial charge >= 0.3 is 0 Å². The van der Waals surface area contributed by atoms with E-state index in [1.54, 1.807) is 7.11 Å². The molecule has 1 amide bonds. The fourth-order valence-electron chi connectivity index (χ4n) is 3.58. The molecule has 1 aromatic carbocycles. The molecule has 2 heterocycles. The molecule has 0 aliphatic carbocycles. The molecule has 2 saturated heterocycles. The zero-order valence-corrected chi connectivity index (χ0v) is 18.5. The Kier molecular flexibility index (Phi) is 10.4. The van der Waals surface area contributed by atoms with E-state index in [1.165, 1.54) is 17.1 Å². The molecule has 27 heavy (non-hydrogen) atoms. The van der Waals surface area contributed by atoms with Crippen molar-refractivity contribution in [3.8, 4) is 0 Å². The number of ether oxygens (including phenoxy) is 1. The van der Waals surface area contributed by atoms with Crippen molar-refractivity contribution in [3.05, 3.63) is 29.3 Å². The Labute approximate surface area is 179 Å². The first-order valence-electron chi connectivity index (χ1n) is 9.10. The molecule has 8 heteroatoms. The first-order valence-corrected chi connectivity index (χ1v) is 10.3. The molecular weight excluding hydrogens is 405 g/mol. The Morgan fingerprint density at radius 2 is 1.93 bits per heavy atom. The van der Waals surface area contributed by atoms with Crippen LogP contribution in [0.25, 0.3) is 0 Å². The number of carbonyl (C=O) groups excluding carboxylic acids is 1. The number of carbonyl (C=O) groups is 1. The summed E-state index contributed by atoms with van der Waals surface area (Å²) in [6, 6.07) is 6.20. The predicted octanol–water partition coefficient (Wildman–Crippen LogP) is 3.09. The topological polar surface area (TPSA) is 53.6 Å². The van der Waals surface area contributed by atoms with Gasteiger partial charge in [0.2, 0.25) is 0 Å². The van der Waals surface area contributed by atoms with E-state index < -0.39 is 5.60 Å². The lowest BCUT2D eigenvalue weighted by molar-refractivity contribution is -0.140. The number of anilines is 1.